The molecule has 0 spiro atoms. The Morgan fingerprint density at radius 1 is 1.00 bits per heavy atom. The molecule has 1 N–H and O–H groups in total. The molecule has 2 aromatic carbocycles. The molecule has 134 valence electrons. The maximum Gasteiger partial charge on any atom is 0.0558 e. The number of hydrogen-bond acceptors (Lipinski definition) is 2. The number of rotatable bonds is 7. The van der Waals surface area contributed by atoms with Gasteiger partial charge < -0.3 is 10.0 Å². The number of nitrogens with zero attached hydrogens (tertiary/aromatic N) is 1. The van der Waals surface area contributed by atoms with Crippen LogP contribution >= 0.6 is 7.92 Å². The van der Waals surface area contributed by atoms with Crippen molar-refractivity contribution in [1.29, 1.82) is 0 Å². The maximum atomic E-state index is 9.32. The van der Waals surface area contributed by atoms with Crippen molar-refractivity contribution in [2.75, 3.05) is 20.2 Å². The molecular formula is C22H30NOP. The molecule has 2 unspecified atom stereocenters. The summed E-state index contributed by atoms with van der Waals surface area (Å²) >= 11 is 0. The van der Waals surface area contributed by atoms with E-state index in [1.807, 2.05) is 0 Å². The Balaban J connectivity index is 1.92. The van der Waals surface area contributed by atoms with Gasteiger partial charge in [-0.25, -0.2) is 0 Å². The van der Waals surface area contributed by atoms with Gasteiger partial charge in [-0.1, -0.05) is 67.1 Å². The number of aliphatic hydroxyl groups is 1. The van der Waals surface area contributed by atoms with E-state index in [-0.39, 0.29) is 14.5 Å². The lowest BCUT2D eigenvalue weighted by atomic mass is 9.98. The van der Waals surface area contributed by atoms with E-state index < -0.39 is 0 Å². The smallest absolute Gasteiger partial charge is 0.0558 e. The fourth-order valence-electron chi connectivity index (χ4n) is 4.25. The van der Waals surface area contributed by atoms with Crippen LogP contribution in [0.3, 0.4) is 0 Å². The average Bonchev–Trinajstić information content (AvgIpc) is 3.12. The summed E-state index contributed by atoms with van der Waals surface area (Å²) in [6.07, 6.45) is 3.95. The first-order valence-corrected chi connectivity index (χ1v) is 10.8. The minimum atomic E-state index is -0.347. The lowest BCUT2D eigenvalue weighted by Crippen LogP contribution is -2.41. The standard InChI is InChI=1S/C22H30NOP/c1-18(23(2)16-17-24)21-14-9-15-22(21)25(19-10-5-3-6-11-19)20-12-7-4-8-13-20/h3-8,10-13,18,21-22,24H,9,14-17H2,1-2H3/t18-,21?,22?/m0/s1. The molecule has 0 heterocycles. The number of likely N-dealkylation sites (N-methyl/N-ethyl adjacent to an activating group) is 1. The Kier molecular flexibility index (Phi) is 6.64. The van der Waals surface area contributed by atoms with Gasteiger partial charge in [-0.2, -0.15) is 0 Å². The Bertz CT molecular complexity index is 593. The fourth-order valence-corrected chi connectivity index (χ4v) is 7.52. The lowest BCUT2D eigenvalue weighted by Gasteiger charge is -2.37. The molecule has 25 heavy (non-hydrogen) atoms. The first-order valence-electron chi connectivity index (χ1n) is 9.43. The molecule has 0 aliphatic heterocycles. The van der Waals surface area contributed by atoms with Crippen LogP contribution in [0.2, 0.25) is 0 Å². The van der Waals surface area contributed by atoms with Gasteiger partial charge in [0.25, 0.3) is 0 Å². The van der Waals surface area contributed by atoms with Gasteiger partial charge in [0.15, 0.2) is 0 Å². The van der Waals surface area contributed by atoms with Gasteiger partial charge in [0.2, 0.25) is 0 Å². The third kappa shape index (κ3) is 4.31. The maximum absolute atomic E-state index is 9.32. The van der Waals surface area contributed by atoms with Crippen molar-refractivity contribution in [3.8, 4) is 0 Å². The van der Waals surface area contributed by atoms with Crippen LogP contribution in [0.5, 0.6) is 0 Å². The molecule has 2 aromatic rings. The van der Waals surface area contributed by atoms with E-state index in [1.165, 1.54) is 29.9 Å². The molecule has 0 radical (unpaired) electrons. The van der Waals surface area contributed by atoms with Gasteiger partial charge in [-0.15, -0.1) is 0 Å². The van der Waals surface area contributed by atoms with Crippen LogP contribution < -0.4 is 10.6 Å². The van der Waals surface area contributed by atoms with E-state index >= 15 is 0 Å². The Morgan fingerprint density at radius 3 is 2.08 bits per heavy atom. The van der Waals surface area contributed by atoms with Gasteiger partial charge in [0.1, 0.15) is 0 Å². The quantitative estimate of drug-likeness (QED) is 0.767. The zero-order valence-corrected chi connectivity index (χ0v) is 16.3. The highest BCUT2D eigenvalue weighted by Crippen LogP contribution is 2.51. The van der Waals surface area contributed by atoms with Crippen molar-refractivity contribution in [3.63, 3.8) is 0 Å². The second-order valence-corrected chi connectivity index (χ2v) is 9.58. The molecule has 1 aliphatic carbocycles. The highest BCUT2D eigenvalue weighted by Gasteiger charge is 2.38. The predicted octanol–water partition coefficient (Wildman–Crippen LogP) is 3.60. The van der Waals surface area contributed by atoms with E-state index in [4.69, 9.17) is 0 Å². The minimum absolute atomic E-state index is 0.240. The van der Waals surface area contributed by atoms with E-state index in [9.17, 15) is 5.11 Å². The van der Waals surface area contributed by atoms with Gasteiger partial charge >= 0.3 is 0 Å². The molecule has 0 aromatic heterocycles. The van der Waals surface area contributed by atoms with Gasteiger partial charge in [0.05, 0.1) is 6.61 Å². The first-order chi connectivity index (χ1) is 12.2. The Hall–Kier alpha value is -1.21. The second kappa shape index (κ2) is 8.94. The van der Waals surface area contributed by atoms with E-state index in [0.29, 0.717) is 12.0 Å². The number of hydrogen-bond donors (Lipinski definition) is 1. The summed E-state index contributed by atoms with van der Waals surface area (Å²) in [5.41, 5.74) is 0.718. The van der Waals surface area contributed by atoms with Crippen LogP contribution in [-0.2, 0) is 0 Å². The summed E-state index contributed by atoms with van der Waals surface area (Å²) in [4.78, 5) is 2.34. The third-order valence-corrected chi connectivity index (χ3v) is 8.71. The number of benzene rings is 2. The van der Waals surface area contributed by atoms with Crippen molar-refractivity contribution >= 4 is 18.5 Å². The second-order valence-electron chi connectivity index (χ2n) is 7.15. The molecule has 0 saturated heterocycles. The largest absolute Gasteiger partial charge is 0.395 e. The summed E-state index contributed by atoms with van der Waals surface area (Å²) in [6, 6.07) is 22.7. The molecule has 1 fully saturated rings. The van der Waals surface area contributed by atoms with Crippen LogP contribution in [0.1, 0.15) is 26.2 Å². The van der Waals surface area contributed by atoms with Crippen molar-refractivity contribution in [1.82, 2.24) is 4.90 Å². The summed E-state index contributed by atoms with van der Waals surface area (Å²) in [5.74, 6) is 0.697. The number of aliphatic hydroxyl groups excluding tert-OH is 1. The fraction of sp³-hybridized carbons (Fsp3) is 0.455. The molecule has 0 amide bonds. The minimum Gasteiger partial charge on any atom is -0.395 e. The van der Waals surface area contributed by atoms with Gasteiger partial charge in [-0.05, 0) is 56.9 Å². The summed E-state index contributed by atoms with van der Waals surface area (Å²) in [6.45, 7) is 3.35. The zero-order valence-electron chi connectivity index (χ0n) is 15.4. The van der Waals surface area contributed by atoms with Crippen molar-refractivity contribution in [2.24, 2.45) is 5.92 Å². The highest BCUT2D eigenvalue weighted by molar-refractivity contribution is 7.73. The topological polar surface area (TPSA) is 23.5 Å². The molecule has 1 saturated carbocycles. The van der Waals surface area contributed by atoms with Crippen molar-refractivity contribution in [2.45, 2.75) is 37.9 Å². The SMILES string of the molecule is C[C@@H](C1CCCC1P(c1ccccc1)c1ccccc1)N(C)CCO. The van der Waals surface area contributed by atoms with E-state index in [0.717, 1.165) is 12.2 Å². The predicted molar refractivity (Wildman–Crippen MR) is 109 cm³/mol. The van der Waals surface area contributed by atoms with E-state index in [2.05, 4.69) is 79.5 Å². The molecule has 3 rings (SSSR count). The van der Waals surface area contributed by atoms with Crippen LogP contribution in [-0.4, -0.2) is 41.9 Å². The van der Waals surface area contributed by atoms with Gasteiger partial charge in [-0.3, -0.25) is 0 Å². The van der Waals surface area contributed by atoms with Gasteiger partial charge in [0, 0.05) is 12.6 Å². The van der Waals surface area contributed by atoms with Crippen LogP contribution in [0.25, 0.3) is 0 Å². The molecule has 2 nitrogen and oxygen atoms in total. The molecule has 1 aliphatic rings. The molecule has 3 atom stereocenters. The normalized spacial score (nSPS) is 21.8. The van der Waals surface area contributed by atoms with Crippen molar-refractivity contribution in [3.05, 3.63) is 60.7 Å². The summed E-state index contributed by atoms with van der Waals surface area (Å²) in [7, 11) is 1.81. The Labute approximate surface area is 153 Å². The zero-order chi connectivity index (χ0) is 17.6. The third-order valence-electron chi connectivity index (χ3n) is 5.70. The molecule has 3 heteroatoms. The monoisotopic (exact) mass is 355 g/mol. The molecule has 0 bridgehead atoms. The first kappa shape index (κ1) is 18.6. The summed E-state index contributed by atoms with van der Waals surface area (Å²) in [5, 5.41) is 12.3. The average molecular weight is 355 g/mol. The van der Waals surface area contributed by atoms with Crippen LogP contribution in [0.15, 0.2) is 60.7 Å². The lowest BCUT2D eigenvalue weighted by molar-refractivity contribution is 0.153. The van der Waals surface area contributed by atoms with Crippen LogP contribution in [0.4, 0.5) is 0 Å². The molecular weight excluding hydrogens is 325 g/mol. The Morgan fingerprint density at radius 2 is 1.56 bits per heavy atom. The summed E-state index contributed by atoms with van der Waals surface area (Å²) < 4.78 is 0. The highest BCUT2D eigenvalue weighted by atomic mass is 31.1. The van der Waals surface area contributed by atoms with Crippen molar-refractivity contribution < 1.29 is 5.11 Å². The van der Waals surface area contributed by atoms with E-state index in [1.54, 1.807) is 0 Å². The van der Waals surface area contributed by atoms with Crippen LogP contribution in [0, 0.1) is 5.92 Å².